The monoisotopic (exact) mass is 508 g/mol. The van der Waals surface area contributed by atoms with Crippen molar-refractivity contribution in [3.63, 3.8) is 0 Å². The lowest BCUT2D eigenvalue weighted by atomic mass is 10.1. The first-order valence-corrected chi connectivity index (χ1v) is 12.2. The van der Waals surface area contributed by atoms with E-state index in [1.165, 1.54) is 18.4 Å². The van der Waals surface area contributed by atoms with Gasteiger partial charge < -0.3 is 15.2 Å². The minimum absolute atomic E-state index is 0.327. The van der Waals surface area contributed by atoms with E-state index in [-0.39, 0.29) is 0 Å². The smallest absolute Gasteiger partial charge is 0.335 e. The van der Waals surface area contributed by atoms with Crippen molar-refractivity contribution in [3.05, 3.63) is 94.0 Å². The Morgan fingerprint density at radius 1 is 0.970 bits per heavy atom. The predicted octanol–water partition coefficient (Wildman–Crippen LogP) is 6.08. The van der Waals surface area contributed by atoms with E-state index in [1.54, 1.807) is 12.1 Å². The quantitative estimate of drug-likeness (QED) is 0.324. The molecule has 1 aliphatic rings. The van der Waals surface area contributed by atoms with Crippen molar-refractivity contribution in [1.29, 1.82) is 0 Å². The summed E-state index contributed by atoms with van der Waals surface area (Å²) in [6, 6.07) is 23.9. The first-order valence-electron chi connectivity index (χ1n) is 11.4. The molecular weight excluding hydrogens is 480 g/mol. The van der Waals surface area contributed by atoms with Gasteiger partial charge in [0.25, 0.3) is 0 Å². The highest BCUT2D eigenvalue weighted by molar-refractivity contribution is 9.10. The van der Waals surface area contributed by atoms with E-state index in [0.29, 0.717) is 11.6 Å². The summed E-state index contributed by atoms with van der Waals surface area (Å²) in [7, 11) is 0. The maximum Gasteiger partial charge on any atom is 0.335 e. The van der Waals surface area contributed by atoms with Crippen molar-refractivity contribution in [1.82, 2.24) is 10.2 Å². The summed E-state index contributed by atoms with van der Waals surface area (Å²) in [4.78, 5) is 13.5. The molecule has 0 aromatic heterocycles. The Kier molecular flexibility index (Phi) is 8.15. The number of carboxylic acid groups (broad SMARTS) is 1. The Hall–Kier alpha value is -2.67. The zero-order valence-corrected chi connectivity index (χ0v) is 20.1. The van der Waals surface area contributed by atoms with E-state index in [0.717, 1.165) is 54.1 Å². The van der Waals surface area contributed by atoms with Gasteiger partial charge in [0, 0.05) is 23.6 Å². The third-order valence-electron chi connectivity index (χ3n) is 6.04. The van der Waals surface area contributed by atoms with E-state index >= 15 is 0 Å². The zero-order valence-electron chi connectivity index (χ0n) is 18.5. The van der Waals surface area contributed by atoms with Gasteiger partial charge in [0.05, 0.1) is 5.56 Å². The van der Waals surface area contributed by atoms with Gasteiger partial charge >= 0.3 is 5.97 Å². The molecule has 0 amide bonds. The van der Waals surface area contributed by atoms with Crippen molar-refractivity contribution in [2.75, 3.05) is 13.1 Å². The van der Waals surface area contributed by atoms with Gasteiger partial charge in [-0.05, 0) is 92.0 Å². The molecule has 172 valence electrons. The predicted molar refractivity (Wildman–Crippen MR) is 134 cm³/mol. The molecule has 1 unspecified atom stereocenters. The van der Waals surface area contributed by atoms with E-state index in [2.05, 4.69) is 38.3 Å². The van der Waals surface area contributed by atoms with Crippen molar-refractivity contribution in [2.24, 2.45) is 0 Å². The number of aromatic carboxylic acids is 1. The molecular formula is C27H29BrN2O3. The second-order valence-corrected chi connectivity index (χ2v) is 9.35. The van der Waals surface area contributed by atoms with Crippen LogP contribution in [0.25, 0.3) is 0 Å². The molecule has 1 atom stereocenters. The fraction of sp³-hybridized carbons (Fsp3) is 0.296. The lowest BCUT2D eigenvalue weighted by molar-refractivity contribution is 0.0697. The van der Waals surface area contributed by atoms with Gasteiger partial charge in [-0.3, -0.25) is 4.90 Å². The number of ether oxygens (including phenoxy) is 1. The molecule has 3 aromatic rings. The average Bonchev–Trinajstić information content (AvgIpc) is 3.26. The van der Waals surface area contributed by atoms with Gasteiger partial charge in [0.2, 0.25) is 0 Å². The molecule has 0 radical (unpaired) electrons. The highest BCUT2D eigenvalue weighted by Gasteiger charge is 2.23. The van der Waals surface area contributed by atoms with Gasteiger partial charge in [-0.15, -0.1) is 0 Å². The summed E-state index contributed by atoms with van der Waals surface area (Å²) >= 11 is 3.44. The fourth-order valence-electron chi connectivity index (χ4n) is 4.23. The number of benzene rings is 3. The Bertz CT molecular complexity index is 1040. The van der Waals surface area contributed by atoms with E-state index in [4.69, 9.17) is 9.84 Å². The SMILES string of the molecule is O=C(O)c1ccc(CNCCC2CCCN2Cc2ccc(Oc3ccc(Br)cc3)cc2)cc1. The largest absolute Gasteiger partial charge is 0.478 e. The van der Waals surface area contributed by atoms with Crippen molar-refractivity contribution in [2.45, 2.75) is 38.4 Å². The lowest BCUT2D eigenvalue weighted by Crippen LogP contribution is -2.31. The van der Waals surface area contributed by atoms with Crippen LogP contribution in [-0.4, -0.2) is 35.1 Å². The third kappa shape index (κ3) is 6.90. The second kappa shape index (κ2) is 11.5. The molecule has 4 rings (SSSR count). The summed E-state index contributed by atoms with van der Waals surface area (Å²) in [5.74, 6) is 0.790. The van der Waals surface area contributed by atoms with E-state index < -0.39 is 5.97 Å². The molecule has 0 spiro atoms. The van der Waals surface area contributed by atoms with Crippen LogP contribution in [0.15, 0.2) is 77.3 Å². The van der Waals surface area contributed by atoms with Crippen LogP contribution < -0.4 is 10.1 Å². The Morgan fingerprint density at radius 2 is 1.61 bits per heavy atom. The molecule has 1 saturated heterocycles. The summed E-state index contributed by atoms with van der Waals surface area (Å²) < 4.78 is 6.96. The van der Waals surface area contributed by atoms with Gasteiger partial charge in [0.15, 0.2) is 0 Å². The first-order chi connectivity index (χ1) is 16.1. The zero-order chi connectivity index (χ0) is 23.0. The number of likely N-dealkylation sites (tertiary alicyclic amines) is 1. The number of carbonyl (C=O) groups is 1. The number of nitrogens with zero attached hydrogens (tertiary/aromatic N) is 1. The Labute approximate surface area is 203 Å². The number of nitrogens with one attached hydrogen (secondary N) is 1. The normalized spacial score (nSPS) is 16.1. The van der Waals surface area contributed by atoms with Crippen LogP contribution in [0.4, 0.5) is 0 Å². The van der Waals surface area contributed by atoms with Gasteiger partial charge in [-0.2, -0.15) is 0 Å². The van der Waals surface area contributed by atoms with Crippen LogP contribution >= 0.6 is 15.9 Å². The Balaban J connectivity index is 1.22. The van der Waals surface area contributed by atoms with Gasteiger partial charge in [0.1, 0.15) is 11.5 Å². The van der Waals surface area contributed by atoms with Crippen LogP contribution in [0, 0.1) is 0 Å². The Morgan fingerprint density at radius 3 is 2.27 bits per heavy atom. The van der Waals surface area contributed by atoms with Gasteiger partial charge in [-0.1, -0.05) is 40.2 Å². The van der Waals surface area contributed by atoms with Crippen molar-refractivity contribution in [3.8, 4) is 11.5 Å². The highest BCUT2D eigenvalue weighted by Crippen LogP contribution is 2.26. The molecule has 1 heterocycles. The average molecular weight is 509 g/mol. The summed E-state index contributed by atoms with van der Waals surface area (Å²) in [6.07, 6.45) is 3.59. The molecule has 6 heteroatoms. The molecule has 0 aliphatic carbocycles. The van der Waals surface area contributed by atoms with E-state index in [9.17, 15) is 4.79 Å². The summed E-state index contributed by atoms with van der Waals surface area (Å²) in [5, 5.41) is 12.5. The van der Waals surface area contributed by atoms with Crippen LogP contribution in [0.3, 0.4) is 0 Å². The molecule has 33 heavy (non-hydrogen) atoms. The number of hydrogen-bond donors (Lipinski definition) is 2. The standard InChI is InChI=1S/C27H29BrN2O3/c28-23-9-13-26(14-10-23)33-25-11-5-21(6-12-25)19-30-17-1-2-24(30)15-16-29-18-20-3-7-22(8-4-20)27(31)32/h3-14,24,29H,1-2,15-19H2,(H,31,32). The summed E-state index contributed by atoms with van der Waals surface area (Å²) in [5.41, 5.74) is 2.73. The van der Waals surface area contributed by atoms with Crippen molar-refractivity contribution >= 4 is 21.9 Å². The molecule has 0 bridgehead atoms. The molecule has 3 aromatic carbocycles. The first kappa shape index (κ1) is 23.5. The van der Waals surface area contributed by atoms with Crippen molar-refractivity contribution < 1.29 is 14.6 Å². The summed E-state index contributed by atoms with van der Waals surface area (Å²) in [6.45, 7) is 3.80. The minimum Gasteiger partial charge on any atom is -0.478 e. The minimum atomic E-state index is -0.886. The van der Waals surface area contributed by atoms with Crippen LogP contribution in [0.5, 0.6) is 11.5 Å². The van der Waals surface area contributed by atoms with Crippen LogP contribution in [0.1, 0.15) is 40.7 Å². The molecule has 2 N–H and O–H groups in total. The van der Waals surface area contributed by atoms with Crippen LogP contribution in [-0.2, 0) is 13.1 Å². The van der Waals surface area contributed by atoms with Crippen LogP contribution in [0.2, 0.25) is 0 Å². The third-order valence-corrected chi connectivity index (χ3v) is 6.57. The number of rotatable bonds is 10. The maximum absolute atomic E-state index is 11.0. The van der Waals surface area contributed by atoms with Gasteiger partial charge in [-0.25, -0.2) is 4.79 Å². The molecule has 1 aliphatic heterocycles. The number of carboxylic acids is 1. The number of hydrogen-bond acceptors (Lipinski definition) is 4. The maximum atomic E-state index is 11.0. The second-order valence-electron chi connectivity index (χ2n) is 8.43. The molecule has 1 fully saturated rings. The fourth-order valence-corrected chi connectivity index (χ4v) is 4.50. The number of halogens is 1. The lowest BCUT2D eigenvalue weighted by Gasteiger charge is -2.24. The topological polar surface area (TPSA) is 61.8 Å². The highest BCUT2D eigenvalue weighted by atomic mass is 79.9. The van der Waals surface area contributed by atoms with E-state index in [1.807, 2.05) is 48.5 Å². The molecule has 0 saturated carbocycles. The molecule has 5 nitrogen and oxygen atoms in total.